The van der Waals surface area contributed by atoms with Gasteiger partial charge < -0.3 is 10.1 Å². The zero-order chi connectivity index (χ0) is 19.3. The summed E-state index contributed by atoms with van der Waals surface area (Å²) in [6.45, 7) is 1.65. The number of methoxy groups -OCH3 is 1. The highest BCUT2D eigenvalue weighted by Gasteiger charge is 2.30. The third-order valence-electron chi connectivity index (χ3n) is 3.44. The van der Waals surface area contributed by atoms with E-state index in [2.05, 4.69) is 10.1 Å². The standard InChI is InChI=1S/C18H16F3NO3S/c1-11(17(24)25-2)26-15-6-4-3-5-14(15)16(23)22-13-9-7-12(8-10-13)18(19,20)21/h3-11H,1-2H3,(H,22,23). The molecule has 0 aliphatic rings. The number of esters is 1. The maximum absolute atomic E-state index is 12.6. The Morgan fingerprint density at radius 3 is 2.27 bits per heavy atom. The fourth-order valence-corrected chi connectivity index (χ4v) is 3.12. The van der Waals surface area contributed by atoms with Crippen LogP contribution in [0.2, 0.25) is 0 Å². The van der Waals surface area contributed by atoms with Crippen LogP contribution in [0.4, 0.5) is 18.9 Å². The Labute approximate surface area is 152 Å². The number of rotatable bonds is 5. The second-order valence-corrected chi connectivity index (χ2v) is 6.69. The Morgan fingerprint density at radius 2 is 1.69 bits per heavy atom. The van der Waals surface area contributed by atoms with Crippen molar-refractivity contribution in [2.24, 2.45) is 0 Å². The van der Waals surface area contributed by atoms with Crippen LogP contribution in [0.5, 0.6) is 0 Å². The Morgan fingerprint density at radius 1 is 1.08 bits per heavy atom. The summed E-state index contributed by atoms with van der Waals surface area (Å²) >= 11 is 1.16. The lowest BCUT2D eigenvalue weighted by Crippen LogP contribution is -2.17. The van der Waals surface area contributed by atoms with E-state index in [0.717, 1.165) is 23.9 Å². The Kier molecular flexibility index (Phi) is 6.31. The molecule has 0 aromatic heterocycles. The Hall–Kier alpha value is -2.48. The summed E-state index contributed by atoms with van der Waals surface area (Å²) in [5.41, 5.74) is -0.240. The van der Waals surface area contributed by atoms with Gasteiger partial charge in [-0.25, -0.2) is 0 Å². The lowest BCUT2D eigenvalue weighted by molar-refractivity contribution is -0.139. The second kappa shape index (κ2) is 8.27. The number of hydrogen-bond acceptors (Lipinski definition) is 4. The topological polar surface area (TPSA) is 55.4 Å². The molecule has 0 aliphatic carbocycles. The smallest absolute Gasteiger partial charge is 0.416 e. The SMILES string of the molecule is COC(=O)C(C)Sc1ccccc1C(=O)Nc1ccc(C(F)(F)F)cc1. The molecule has 1 unspecified atom stereocenters. The van der Waals surface area contributed by atoms with E-state index in [1.54, 1.807) is 31.2 Å². The molecule has 138 valence electrons. The van der Waals surface area contributed by atoms with Gasteiger partial charge in [0.15, 0.2) is 0 Å². The van der Waals surface area contributed by atoms with Crippen molar-refractivity contribution in [3.05, 3.63) is 59.7 Å². The van der Waals surface area contributed by atoms with Gasteiger partial charge in [-0.3, -0.25) is 9.59 Å². The predicted octanol–water partition coefficient (Wildman–Crippen LogP) is 4.61. The summed E-state index contributed by atoms with van der Waals surface area (Å²) in [6.07, 6.45) is -4.43. The first-order valence-electron chi connectivity index (χ1n) is 7.54. The van der Waals surface area contributed by atoms with E-state index >= 15 is 0 Å². The molecule has 0 saturated carbocycles. The monoisotopic (exact) mass is 383 g/mol. The van der Waals surface area contributed by atoms with Crippen molar-refractivity contribution in [1.82, 2.24) is 0 Å². The number of halogens is 3. The van der Waals surface area contributed by atoms with Crippen LogP contribution in [-0.2, 0) is 15.7 Å². The third kappa shape index (κ3) is 5.01. The van der Waals surface area contributed by atoms with Crippen molar-refractivity contribution in [2.75, 3.05) is 12.4 Å². The molecular weight excluding hydrogens is 367 g/mol. The summed E-state index contributed by atoms with van der Waals surface area (Å²) in [5.74, 6) is -0.905. The quantitative estimate of drug-likeness (QED) is 0.605. The molecule has 2 aromatic rings. The van der Waals surface area contributed by atoms with Crippen molar-refractivity contribution in [2.45, 2.75) is 23.2 Å². The molecule has 0 bridgehead atoms. The molecule has 1 N–H and O–H groups in total. The average molecular weight is 383 g/mol. The van der Waals surface area contributed by atoms with E-state index in [9.17, 15) is 22.8 Å². The number of hydrogen-bond donors (Lipinski definition) is 1. The zero-order valence-electron chi connectivity index (χ0n) is 14.0. The highest BCUT2D eigenvalue weighted by atomic mass is 32.2. The molecule has 0 aliphatic heterocycles. The largest absolute Gasteiger partial charge is 0.468 e. The second-order valence-electron chi connectivity index (χ2n) is 5.31. The van der Waals surface area contributed by atoms with Crippen LogP contribution in [0.25, 0.3) is 0 Å². The maximum atomic E-state index is 12.6. The first-order valence-corrected chi connectivity index (χ1v) is 8.42. The average Bonchev–Trinajstić information content (AvgIpc) is 2.61. The van der Waals surface area contributed by atoms with Gasteiger partial charge in [0.25, 0.3) is 5.91 Å². The van der Waals surface area contributed by atoms with Crippen molar-refractivity contribution in [3.8, 4) is 0 Å². The van der Waals surface area contributed by atoms with Crippen molar-refractivity contribution in [3.63, 3.8) is 0 Å². The molecule has 26 heavy (non-hydrogen) atoms. The predicted molar refractivity (Wildman–Crippen MR) is 93.2 cm³/mol. The fourth-order valence-electron chi connectivity index (χ4n) is 2.10. The minimum atomic E-state index is -4.43. The summed E-state index contributed by atoms with van der Waals surface area (Å²) in [7, 11) is 1.28. The first kappa shape index (κ1) is 19.8. The number of benzene rings is 2. The maximum Gasteiger partial charge on any atom is 0.416 e. The van der Waals surface area contributed by atoms with Crippen LogP contribution < -0.4 is 5.32 Å². The number of anilines is 1. The van der Waals surface area contributed by atoms with E-state index in [0.29, 0.717) is 10.5 Å². The molecule has 0 spiro atoms. The van der Waals surface area contributed by atoms with Gasteiger partial charge >= 0.3 is 12.1 Å². The van der Waals surface area contributed by atoms with Gasteiger partial charge in [0, 0.05) is 10.6 Å². The third-order valence-corrected chi connectivity index (χ3v) is 4.59. The van der Waals surface area contributed by atoms with Gasteiger partial charge in [0.05, 0.1) is 18.2 Å². The molecule has 1 atom stereocenters. The van der Waals surface area contributed by atoms with Gasteiger partial charge in [0.2, 0.25) is 0 Å². The minimum absolute atomic E-state index is 0.240. The molecule has 8 heteroatoms. The Bertz CT molecular complexity index is 791. The van der Waals surface area contributed by atoms with Crippen LogP contribution >= 0.6 is 11.8 Å². The van der Waals surface area contributed by atoms with Gasteiger partial charge in [-0.05, 0) is 43.3 Å². The molecule has 0 saturated heterocycles. The summed E-state index contributed by atoms with van der Waals surface area (Å²) in [5, 5.41) is 2.04. The summed E-state index contributed by atoms with van der Waals surface area (Å²) < 4.78 is 42.4. The molecule has 1 amide bonds. The number of carbonyl (C=O) groups is 2. The minimum Gasteiger partial charge on any atom is -0.468 e. The van der Waals surface area contributed by atoms with Crippen LogP contribution in [0.15, 0.2) is 53.4 Å². The number of carbonyl (C=O) groups excluding carboxylic acids is 2. The first-order chi connectivity index (χ1) is 12.2. The number of alkyl halides is 3. The lowest BCUT2D eigenvalue weighted by atomic mass is 10.1. The molecule has 0 fully saturated rings. The fraction of sp³-hybridized carbons (Fsp3) is 0.222. The lowest BCUT2D eigenvalue weighted by Gasteiger charge is -2.13. The molecule has 0 radical (unpaired) electrons. The van der Waals surface area contributed by atoms with Crippen LogP contribution in [0.3, 0.4) is 0 Å². The molecule has 2 aromatic carbocycles. The molecule has 4 nitrogen and oxygen atoms in total. The van der Waals surface area contributed by atoms with Gasteiger partial charge in [-0.2, -0.15) is 13.2 Å². The van der Waals surface area contributed by atoms with Crippen molar-refractivity contribution in [1.29, 1.82) is 0 Å². The molecule has 2 rings (SSSR count). The number of nitrogens with one attached hydrogen (secondary N) is 1. The van der Waals surface area contributed by atoms with E-state index in [1.165, 1.54) is 19.2 Å². The highest BCUT2D eigenvalue weighted by molar-refractivity contribution is 8.00. The highest BCUT2D eigenvalue weighted by Crippen LogP contribution is 2.31. The van der Waals surface area contributed by atoms with Gasteiger partial charge in [0.1, 0.15) is 5.25 Å². The summed E-state index contributed by atoms with van der Waals surface area (Å²) in [6, 6.07) is 10.8. The number of amides is 1. The number of thioether (sulfide) groups is 1. The van der Waals surface area contributed by atoms with Gasteiger partial charge in [-0.15, -0.1) is 11.8 Å². The van der Waals surface area contributed by atoms with Crippen LogP contribution in [0.1, 0.15) is 22.8 Å². The zero-order valence-corrected chi connectivity index (χ0v) is 14.8. The molecule has 0 heterocycles. The van der Waals surface area contributed by atoms with E-state index in [1.807, 2.05) is 0 Å². The van der Waals surface area contributed by atoms with Crippen molar-refractivity contribution >= 4 is 29.3 Å². The normalized spacial score (nSPS) is 12.3. The Balaban J connectivity index is 2.16. The van der Waals surface area contributed by atoms with Crippen molar-refractivity contribution < 1.29 is 27.5 Å². The van der Waals surface area contributed by atoms with E-state index in [4.69, 9.17) is 0 Å². The number of ether oxygens (including phenoxy) is 1. The van der Waals surface area contributed by atoms with Crippen LogP contribution in [-0.4, -0.2) is 24.2 Å². The van der Waals surface area contributed by atoms with E-state index < -0.39 is 28.9 Å². The van der Waals surface area contributed by atoms with Crippen LogP contribution in [0, 0.1) is 0 Å². The summed E-state index contributed by atoms with van der Waals surface area (Å²) in [4.78, 5) is 24.6. The van der Waals surface area contributed by atoms with Gasteiger partial charge in [-0.1, -0.05) is 12.1 Å². The van der Waals surface area contributed by atoms with E-state index in [-0.39, 0.29) is 5.69 Å². The molecular formula is C18H16F3NO3S.